The van der Waals surface area contributed by atoms with E-state index in [1.165, 1.54) is 30.4 Å². The zero-order chi connectivity index (χ0) is 15.1. The van der Waals surface area contributed by atoms with E-state index in [1.807, 2.05) is 0 Å². The number of nitrogens with one attached hydrogen (secondary N) is 1. The largest absolute Gasteiger partial charge is 0.376 e. The first-order valence-corrected chi connectivity index (χ1v) is 8.65. The van der Waals surface area contributed by atoms with Crippen molar-refractivity contribution >= 4 is 0 Å². The van der Waals surface area contributed by atoms with Crippen molar-refractivity contribution in [1.82, 2.24) is 5.32 Å². The van der Waals surface area contributed by atoms with Crippen molar-refractivity contribution in [3.8, 4) is 0 Å². The van der Waals surface area contributed by atoms with Crippen LogP contribution in [0.25, 0.3) is 0 Å². The van der Waals surface area contributed by atoms with Crippen LogP contribution in [-0.2, 0) is 11.2 Å². The van der Waals surface area contributed by atoms with Crippen LogP contribution in [0.2, 0.25) is 0 Å². The summed E-state index contributed by atoms with van der Waals surface area (Å²) in [6.45, 7) is 8.74. The molecule has 2 rings (SSSR count). The Bertz CT molecular complexity index is 416. The van der Waals surface area contributed by atoms with Gasteiger partial charge in [-0.05, 0) is 55.7 Å². The summed E-state index contributed by atoms with van der Waals surface area (Å²) in [5.41, 5.74) is 2.94. The maximum absolute atomic E-state index is 6.24. The molecule has 2 nitrogen and oxygen atoms in total. The molecule has 118 valence electrons. The highest BCUT2D eigenvalue weighted by Crippen LogP contribution is 2.32. The SMILES string of the molecule is CCCNC1c2ccccc2CCC1OCCCC(C)C. The normalized spacial score (nSPS) is 21.5. The molecule has 2 heteroatoms. The second-order valence-corrected chi connectivity index (χ2v) is 6.61. The first-order valence-electron chi connectivity index (χ1n) is 8.65. The van der Waals surface area contributed by atoms with Crippen molar-refractivity contribution in [3.05, 3.63) is 35.4 Å². The summed E-state index contributed by atoms with van der Waals surface area (Å²) in [6, 6.07) is 9.21. The molecule has 0 aromatic heterocycles. The zero-order valence-corrected chi connectivity index (χ0v) is 13.9. The smallest absolute Gasteiger partial charge is 0.0773 e. The molecule has 1 aliphatic rings. The van der Waals surface area contributed by atoms with Crippen molar-refractivity contribution < 1.29 is 4.74 Å². The van der Waals surface area contributed by atoms with Crippen LogP contribution in [0, 0.1) is 5.92 Å². The van der Waals surface area contributed by atoms with Crippen molar-refractivity contribution in [2.24, 2.45) is 5.92 Å². The Morgan fingerprint density at radius 1 is 1.29 bits per heavy atom. The van der Waals surface area contributed by atoms with Gasteiger partial charge in [-0.3, -0.25) is 0 Å². The van der Waals surface area contributed by atoms with E-state index in [0.717, 1.165) is 31.9 Å². The van der Waals surface area contributed by atoms with Crippen molar-refractivity contribution in [3.63, 3.8) is 0 Å². The van der Waals surface area contributed by atoms with Crippen LogP contribution in [0.15, 0.2) is 24.3 Å². The molecule has 1 aromatic rings. The minimum Gasteiger partial charge on any atom is -0.376 e. The molecular weight excluding hydrogens is 258 g/mol. The summed E-state index contributed by atoms with van der Waals surface area (Å²) in [6.07, 6.45) is 6.22. The second kappa shape index (κ2) is 8.55. The van der Waals surface area contributed by atoms with Crippen LogP contribution >= 0.6 is 0 Å². The van der Waals surface area contributed by atoms with Crippen LogP contribution in [-0.4, -0.2) is 19.3 Å². The molecule has 0 bridgehead atoms. The molecule has 1 N–H and O–H groups in total. The highest BCUT2D eigenvalue weighted by molar-refractivity contribution is 5.33. The molecule has 0 fully saturated rings. The third-order valence-corrected chi connectivity index (χ3v) is 4.33. The number of aryl methyl sites for hydroxylation is 1. The lowest BCUT2D eigenvalue weighted by atomic mass is 9.85. The van der Waals surface area contributed by atoms with Crippen molar-refractivity contribution in [2.45, 2.75) is 65.0 Å². The monoisotopic (exact) mass is 289 g/mol. The Hall–Kier alpha value is -0.860. The van der Waals surface area contributed by atoms with Gasteiger partial charge in [0, 0.05) is 6.61 Å². The van der Waals surface area contributed by atoms with E-state index in [2.05, 4.69) is 50.4 Å². The van der Waals surface area contributed by atoms with Gasteiger partial charge >= 0.3 is 0 Å². The average Bonchev–Trinajstić information content (AvgIpc) is 2.49. The molecule has 0 saturated heterocycles. The summed E-state index contributed by atoms with van der Waals surface area (Å²) in [5.74, 6) is 0.773. The maximum atomic E-state index is 6.24. The molecule has 0 radical (unpaired) electrons. The van der Waals surface area contributed by atoms with E-state index in [9.17, 15) is 0 Å². The van der Waals surface area contributed by atoms with E-state index in [4.69, 9.17) is 4.74 Å². The fourth-order valence-electron chi connectivity index (χ4n) is 3.18. The molecule has 0 spiro atoms. The molecule has 2 unspecified atom stereocenters. The Labute approximate surface area is 130 Å². The number of ether oxygens (including phenoxy) is 1. The molecule has 0 heterocycles. The first kappa shape index (κ1) is 16.5. The predicted molar refractivity (Wildman–Crippen MR) is 89.6 cm³/mol. The van der Waals surface area contributed by atoms with Crippen molar-refractivity contribution in [1.29, 1.82) is 0 Å². The van der Waals surface area contributed by atoms with Crippen LogP contribution in [0.3, 0.4) is 0 Å². The van der Waals surface area contributed by atoms with Crippen LogP contribution in [0.4, 0.5) is 0 Å². The lowest BCUT2D eigenvalue weighted by Gasteiger charge is -2.34. The lowest BCUT2D eigenvalue weighted by Crippen LogP contribution is -2.38. The second-order valence-electron chi connectivity index (χ2n) is 6.61. The minimum atomic E-state index is 0.332. The fraction of sp³-hybridized carbons (Fsp3) is 0.684. The van der Waals surface area contributed by atoms with E-state index < -0.39 is 0 Å². The van der Waals surface area contributed by atoms with Gasteiger partial charge in [0.1, 0.15) is 0 Å². The number of rotatable bonds is 8. The molecule has 0 saturated carbocycles. The van der Waals surface area contributed by atoms with Gasteiger partial charge in [0.15, 0.2) is 0 Å². The fourth-order valence-corrected chi connectivity index (χ4v) is 3.18. The van der Waals surface area contributed by atoms with Crippen LogP contribution < -0.4 is 5.32 Å². The highest BCUT2D eigenvalue weighted by Gasteiger charge is 2.29. The topological polar surface area (TPSA) is 21.3 Å². The summed E-state index contributed by atoms with van der Waals surface area (Å²) >= 11 is 0. The van der Waals surface area contributed by atoms with Gasteiger partial charge in [-0.2, -0.15) is 0 Å². The zero-order valence-electron chi connectivity index (χ0n) is 13.9. The van der Waals surface area contributed by atoms with E-state index in [1.54, 1.807) is 0 Å². The van der Waals surface area contributed by atoms with E-state index >= 15 is 0 Å². The summed E-state index contributed by atoms with van der Waals surface area (Å²) in [4.78, 5) is 0. The van der Waals surface area contributed by atoms with Gasteiger partial charge in [0.2, 0.25) is 0 Å². The molecule has 1 aliphatic carbocycles. The molecule has 2 atom stereocenters. The third kappa shape index (κ3) is 4.82. The quantitative estimate of drug-likeness (QED) is 0.712. The lowest BCUT2D eigenvalue weighted by molar-refractivity contribution is 0.0128. The van der Waals surface area contributed by atoms with Crippen LogP contribution in [0.1, 0.15) is 63.6 Å². The molecule has 0 aliphatic heterocycles. The standard InChI is InChI=1S/C19H31NO/c1-4-13-20-19-17-10-6-5-9-16(17)11-12-18(19)21-14-7-8-15(2)3/h5-6,9-10,15,18-20H,4,7-8,11-14H2,1-3H3. The van der Waals surface area contributed by atoms with Crippen molar-refractivity contribution in [2.75, 3.05) is 13.2 Å². The number of fused-ring (bicyclic) bond motifs is 1. The van der Waals surface area contributed by atoms with Gasteiger partial charge in [-0.15, -0.1) is 0 Å². The maximum Gasteiger partial charge on any atom is 0.0773 e. The van der Waals surface area contributed by atoms with Gasteiger partial charge in [0.05, 0.1) is 12.1 Å². The highest BCUT2D eigenvalue weighted by atomic mass is 16.5. The number of hydrogen-bond donors (Lipinski definition) is 1. The first-order chi connectivity index (χ1) is 10.2. The summed E-state index contributed by atoms with van der Waals surface area (Å²) < 4.78 is 6.24. The minimum absolute atomic E-state index is 0.332. The molecule has 0 amide bonds. The predicted octanol–water partition coefficient (Wildman–Crippen LogP) is 4.49. The molecule has 21 heavy (non-hydrogen) atoms. The summed E-state index contributed by atoms with van der Waals surface area (Å²) in [5, 5.41) is 3.70. The number of hydrogen-bond acceptors (Lipinski definition) is 2. The average molecular weight is 289 g/mol. The Morgan fingerprint density at radius 3 is 2.86 bits per heavy atom. The Morgan fingerprint density at radius 2 is 2.10 bits per heavy atom. The molecular formula is C19H31NO. The van der Waals surface area contributed by atoms with Crippen LogP contribution in [0.5, 0.6) is 0 Å². The van der Waals surface area contributed by atoms with Gasteiger partial charge < -0.3 is 10.1 Å². The van der Waals surface area contributed by atoms with E-state index in [0.29, 0.717) is 12.1 Å². The summed E-state index contributed by atoms with van der Waals surface area (Å²) in [7, 11) is 0. The number of benzene rings is 1. The Kier molecular flexibility index (Phi) is 6.72. The molecule has 1 aromatic carbocycles. The Balaban J connectivity index is 1.96. The third-order valence-electron chi connectivity index (χ3n) is 4.33. The van der Waals surface area contributed by atoms with Gasteiger partial charge in [-0.1, -0.05) is 45.0 Å². The van der Waals surface area contributed by atoms with Gasteiger partial charge in [-0.25, -0.2) is 0 Å². The van der Waals surface area contributed by atoms with Gasteiger partial charge in [0.25, 0.3) is 0 Å². The van der Waals surface area contributed by atoms with E-state index in [-0.39, 0.29) is 0 Å².